The summed E-state index contributed by atoms with van der Waals surface area (Å²) in [6.45, 7) is 10.7. The highest BCUT2D eigenvalue weighted by Crippen LogP contribution is 2.37. The standard InChI is InChI=1S/C15H26N2O2S/c1-14(2,3)13-16-12(19-17-13)10-20(18)11-6-8-15(4,5)9-7-11/h11H,6-10H2,1-5H3. The molecule has 0 bridgehead atoms. The molecule has 1 fully saturated rings. The van der Waals surface area contributed by atoms with Crippen LogP contribution < -0.4 is 0 Å². The van der Waals surface area contributed by atoms with E-state index in [9.17, 15) is 4.21 Å². The maximum atomic E-state index is 12.4. The van der Waals surface area contributed by atoms with Crippen molar-refractivity contribution in [2.45, 2.75) is 76.7 Å². The monoisotopic (exact) mass is 298 g/mol. The highest BCUT2D eigenvalue weighted by Gasteiger charge is 2.31. The van der Waals surface area contributed by atoms with Gasteiger partial charge in [0.15, 0.2) is 5.82 Å². The average molecular weight is 298 g/mol. The minimum atomic E-state index is -0.900. The van der Waals surface area contributed by atoms with Crippen LogP contribution in [0.1, 0.15) is 72.0 Å². The summed E-state index contributed by atoms with van der Waals surface area (Å²) >= 11 is 0. The van der Waals surface area contributed by atoms with Gasteiger partial charge in [-0.1, -0.05) is 39.8 Å². The van der Waals surface area contributed by atoms with Crippen molar-refractivity contribution in [2.75, 3.05) is 0 Å². The van der Waals surface area contributed by atoms with Gasteiger partial charge in [0.2, 0.25) is 5.89 Å². The van der Waals surface area contributed by atoms with E-state index >= 15 is 0 Å². The van der Waals surface area contributed by atoms with Crippen LogP contribution in [0.25, 0.3) is 0 Å². The Hall–Kier alpha value is -0.710. The zero-order valence-corrected chi connectivity index (χ0v) is 14.0. The molecule has 1 saturated carbocycles. The first kappa shape index (κ1) is 15.7. The van der Waals surface area contributed by atoms with Crippen molar-refractivity contribution in [3.63, 3.8) is 0 Å². The van der Waals surface area contributed by atoms with E-state index in [1.807, 2.05) is 20.8 Å². The second-order valence-corrected chi connectivity index (χ2v) is 9.37. The molecule has 1 aromatic heterocycles. The fraction of sp³-hybridized carbons (Fsp3) is 0.867. The van der Waals surface area contributed by atoms with E-state index < -0.39 is 10.8 Å². The maximum Gasteiger partial charge on any atom is 0.239 e. The lowest BCUT2D eigenvalue weighted by atomic mass is 9.77. The van der Waals surface area contributed by atoms with E-state index in [-0.39, 0.29) is 10.7 Å². The summed E-state index contributed by atoms with van der Waals surface area (Å²) in [5.74, 6) is 1.60. The third-order valence-electron chi connectivity index (χ3n) is 4.06. The Labute approximate surface area is 124 Å². The van der Waals surface area contributed by atoms with Gasteiger partial charge in [-0.15, -0.1) is 0 Å². The van der Waals surface area contributed by atoms with Crippen molar-refractivity contribution in [2.24, 2.45) is 5.41 Å². The molecule has 0 amide bonds. The predicted molar refractivity (Wildman–Crippen MR) is 80.9 cm³/mol. The van der Waals surface area contributed by atoms with Crippen LogP contribution in [-0.4, -0.2) is 19.6 Å². The topological polar surface area (TPSA) is 56.0 Å². The van der Waals surface area contributed by atoms with Crippen LogP contribution in [0.5, 0.6) is 0 Å². The van der Waals surface area contributed by atoms with Crippen LogP contribution in [-0.2, 0) is 22.0 Å². The molecule has 0 N–H and O–H groups in total. The average Bonchev–Trinajstić information content (AvgIpc) is 2.77. The van der Waals surface area contributed by atoms with Gasteiger partial charge < -0.3 is 4.52 Å². The van der Waals surface area contributed by atoms with Crippen LogP contribution in [0.15, 0.2) is 4.52 Å². The quantitative estimate of drug-likeness (QED) is 0.855. The van der Waals surface area contributed by atoms with Gasteiger partial charge >= 0.3 is 0 Å². The number of aromatic nitrogens is 2. The van der Waals surface area contributed by atoms with Gasteiger partial charge in [0.05, 0.1) is 0 Å². The fourth-order valence-electron chi connectivity index (χ4n) is 2.49. The van der Waals surface area contributed by atoms with E-state index in [0.717, 1.165) is 25.7 Å². The van der Waals surface area contributed by atoms with Crippen LogP contribution in [0.4, 0.5) is 0 Å². The summed E-state index contributed by atoms with van der Waals surface area (Å²) in [5.41, 5.74) is 0.280. The molecule has 1 aromatic rings. The fourth-order valence-corrected chi connectivity index (χ4v) is 3.85. The van der Waals surface area contributed by atoms with Gasteiger partial charge in [-0.2, -0.15) is 4.98 Å². The molecule has 0 aliphatic heterocycles. The maximum absolute atomic E-state index is 12.4. The Balaban J connectivity index is 1.94. The Kier molecular flexibility index (Phi) is 4.38. The molecule has 2 rings (SSSR count). The van der Waals surface area contributed by atoms with E-state index in [2.05, 4.69) is 24.0 Å². The Morgan fingerprint density at radius 1 is 1.30 bits per heavy atom. The van der Waals surface area contributed by atoms with E-state index in [0.29, 0.717) is 22.9 Å². The van der Waals surface area contributed by atoms with Gasteiger partial charge in [-0.3, -0.25) is 4.21 Å². The minimum Gasteiger partial charge on any atom is -0.338 e. The molecule has 1 aliphatic rings. The van der Waals surface area contributed by atoms with Gasteiger partial charge in [-0.25, -0.2) is 0 Å². The van der Waals surface area contributed by atoms with Crippen LogP contribution in [0, 0.1) is 5.41 Å². The second kappa shape index (κ2) is 5.58. The summed E-state index contributed by atoms with van der Waals surface area (Å²) in [6, 6.07) is 0. The van der Waals surface area contributed by atoms with E-state index in [1.54, 1.807) is 0 Å². The number of hydrogen-bond acceptors (Lipinski definition) is 4. The Bertz CT molecular complexity index is 478. The van der Waals surface area contributed by atoms with Crippen molar-refractivity contribution in [1.29, 1.82) is 0 Å². The van der Waals surface area contributed by atoms with Gasteiger partial charge in [0.25, 0.3) is 0 Å². The lowest BCUT2D eigenvalue weighted by molar-refractivity contribution is 0.247. The zero-order chi connectivity index (χ0) is 15.0. The Morgan fingerprint density at radius 3 is 2.40 bits per heavy atom. The molecule has 1 aliphatic carbocycles. The normalized spacial score (nSPS) is 21.9. The molecule has 0 saturated heterocycles. The van der Waals surface area contributed by atoms with Crippen molar-refractivity contribution in [3.05, 3.63) is 11.7 Å². The lowest BCUT2D eigenvalue weighted by Gasteiger charge is -2.33. The number of rotatable bonds is 3. The largest absolute Gasteiger partial charge is 0.338 e. The van der Waals surface area contributed by atoms with Crippen LogP contribution in [0.2, 0.25) is 0 Å². The van der Waals surface area contributed by atoms with Gasteiger partial charge in [-0.05, 0) is 31.1 Å². The van der Waals surface area contributed by atoms with Crippen molar-refractivity contribution >= 4 is 10.8 Å². The molecule has 20 heavy (non-hydrogen) atoms. The molecule has 0 spiro atoms. The predicted octanol–water partition coefficient (Wildman–Crippen LogP) is 3.58. The molecule has 0 radical (unpaired) electrons. The Morgan fingerprint density at radius 2 is 1.90 bits per heavy atom. The van der Waals surface area contributed by atoms with E-state index in [1.165, 1.54) is 0 Å². The van der Waals surface area contributed by atoms with Gasteiger partial charge in [0, 0.05) is 21.5 Å². The SMILES string of the molecule is CC1(C)CCC(S(=O)Cc2nc(C(C)(C)C)no2)CC1. The van der Waals surface area contributed by atoms with E-state index in [4.69, 9.17) is 4.52 Å². The molecule has 1 unspecified atom stereocenters. The molecule has 1 atom stereocenters. The third-order valence-corrected chi connectivity index (χ3v) is 5.81. The smallest absolute Gasteiger partial charge is 0.239 e. The highest BCUT2D eigenvalue weighted by molar-refractivity contribution is 7.84. The number of hydrogen-bond donors (Lipinski definition) is 0. The van der Waals surface area contributed by atoms with Crippen molar-refractivity contribution < 1.29 is 8.73 Å². The molecular formula is C15H26N2O2S. The summed E-state index contributed by atoms with van der Waals surface area (Å²) < 4.78 is 17.7. The third kappa shape index (κ3) is 3.90. The molecule has 114 valence electrons. The highest BCUT2D eigenvalue weighted by atomic mass is 32.2. The van der Waals surface area contributed by atoms with Crippen molar-refractivity contribution in [1.82, 2.24) is 10.1 Å². The summed E-state index contributed by atoms with van der Waals surface area (Å²) in [6.07, 6.45) is 4.39. The first-order valence-electron chi connectivity index (χ1n) is 7.38. The second-order valence-electron chi connectivity index (χ2n) is 7.65. The lowest BCUT2D eigenvalue weighted by Crippen LogP contribution is -2.28. The van der Waals surface area contributed by atoms with Crippen LogP contribution >= 0.6 is 0 Å². The summed E-state index contributed by atoms with van der Waals surface area (Å²) in [4.78, 5) is 4.37. The minimum absolute atomic E-state index is 0.127. The summed E-state index contributed by atoms with van der Waals surface area (Å²) in [5, 5.41) is 4.27. The van der Waals surface area contributed by atoms with Crippen molar-refractivity contribution in [3.8, 4) is 0 Å². The summed E-state index contributed by atoms with van der Waals surface area (Å²) in [7, 11) is -0.900. The molecule has 4 nitrogen and oxygen atoms in total. The molecule has 1 heterocycles. The van der Waals surface area contributed by atoms with Gasteiger partial charge in [0.1, 0.15) is 5.75 Å². The van der Waals surface area contributed by atoms with Crippen LogP contribution in [0.3, 0.4) is 0 Å². The zero-order valence-electron chi connectivity index (χ0n) is 13.2. The molecular weight excluding hydrogens is 272 g/mol. The first-order chi connectivity index (χ1) is 9.17. The first-order valence-corrected chi connectivity index (χ1v) is 8.76. The number of nitrogens with zero attached hydrogens (tertiary/aromatic N) is 2. The molecule has 0 aromatic carbocycles. The molecule has 5 heteroatoms.